The molecule has 1 atom stereocenters. The van der Waals surface area contributed by atoms with Gasteiger partial charge in [-0.25, -0.2) is 14.4 Å². The van der Waals surface area contributed by atoms with E-state index in [1.54, 1.807) is 31.4 Å². The van der Waals surface area contributed by atoms with Crippen molar-refractivity contribution in [1.82, 2.24) is 20.3 Å². The maximum atomic E-state index is 13.2. The minimum atomic E-state index is -0.284. The summed E-state index contributed by atoms with van der Waals surface area (Å²) in [5.41, 5.74) is 4.00. The Kier molecular flexibility index (Phi) is 5.84. The van der Waals surface area contributed by atoms with Gasteiger partial charge < -0.3 is 10.6 Å². The summed E-state index contributed by atoms with van der Waals surface area (Å²) in [6.45, 7) is 2.71. The van der Waals surface area contributed by atoms with Gasteiger partial charge in [-0.05, 0) is 35.9 Å². The number of hydrogen-bond donors (Lipinski definition) is 2. The Labute approximate surface area is 179 Å². The Morgan fingerprint density at radius 1 is 1.06 bits per heavy atom. The van der Waals surface area contributed by atoms with Crippen molar-refractivity contribution in [3.05, 3.63) is 84.1 Å². The molecule has 2 aromatic heterocycles. The second kappa shape index (κ2) is 8.87. The summed E-state index contributed by atoms with van der Waals surface area (Å²) in [5, 5.41) is 6.85. The molecule has 7 heteroatoms. The molecule has 0 spiro atoms. The smallest absolute Gasteiger partial charge is 0.251 e. The Hall–Kier alpha value is -3.87. The lowest BCUT2D eigenvalue weighted by molar-refractivity contribution is 0.0964. The number of halogens is 1. The second-order valence-corrected chi connectivity index (χ2v) is 7.26. The third-order valence-corrected chi connectivity index (χ3v) is 5.20. The third-order valence-electron chi connectivity index (χ3n) is 5.20. The number of carbonyl (C=O) groups is 1. The van der Waals surface area contributed by atoms with Crippen LogP contribution in [0, 0.1) is 5.82 Å². The molecule has 0 aliphatic heterocycles. The summed E-state index contributed by atoms with van der Waals surface area (Å²) < 4.78 is 13.2. The van der Waals surface area contributed by atoms with Crippen molar-refractivity contribution >= 4 is 22.6 Å². The average molecular weight is 415 g/mol. The quantitative estimate of drug-likeness (QED) is 0.488. The first-order chi connectivity index (χ1) is 15.1. The number of nitrogens with zero attached hydrogens (tertiary/aromatic N) is 3. The van der Waals surface area contributed by atoms with E-state index in [2.05, 4.69) is 32.5 Å². The van der Waals surface area contributed by atoms with Gasteiger partial charge in [0.2, 0.25) is 0 Å². The lowest BCUT2D eigenvalue weighted by Gasteiger charge is -2.16. The Bertz CT molecular complexity index is 1230. The summed E-state index contributed by atoms with van der Waals surface area (Å²) in [4.78, 5) is 25.3. The van der Waals surface area contributed by atoms with Crippen molar-refractivity contribution in [3.63, 3.8) is 0 Å². The molecule has 1 amide bonds. The van der Waals surface area contributed by atoms with Crippen molar-refractivity contribution in [1.29, 1.82) is 0 Å². The molecule has 2 aromatic carbocycles. The molecule has 0 aliphatic rings. The Balaban J connectivity index is 1.55. The number of aromatic nitrogens is 3. The molecule has 0 unspecified atom stereocenters. The topological polar surface area (TPSA) is 79.8 Å². The van der Waals surface area contributed by atoms with Crippen molar-refractivity contribution in [3.8, 4) is 11.3 Å². The van der Waals surface area contributed by atoms with Crippen molar-refractivity contribution in [2.45, 2.75) is 12.8 Å². The number of amides is 1. The summed E-state index contributed by atoms with van der Waals surface area (Å²) in [6.07, 6.45) is 3.15. The summed E-state index contributed by atoms with van der Waals surface area (Å²) >= 11 is 0. The molecule has 0 aliphatic carbocycles. The van der Waals surface area contributed by atoms with Crippen LogP contribution in [0.5, 0.6) is 0 Å². The van der Waals surface area contributed by atoms with Crippen LogP contribution in [0.3, 0.4) is 0 Å². The largest absolute Gasteiger partial charge is 0.369 e. The first-order valence-corrected chi connectivity index (χ1v) is 9.98. The van der Waals surface area contributed by atoms with Crippen molar-refractivity contribution in [2.24, 2.45) is 0 Å². The van der Waals surface area contributed by atoms with E-state index in [4.69, 9.17) is 0 Å². The maximum Gasteiger partial charge on any atom is 0.251 e. The van der Waals surface area contributed by atoms with Gasteiger partial charge in [0, 0.05) is 42.7 Å². The van der Waals surface area contributed by atoms with Crippen molar-refractivity contribution in [2.75, 3.05) is 18.9 Å². The van der Waals surface area contributed by atoms with Gasteiger partial charge >= 0.3 is 0 Å². The Morgan fingerprint density at radius 2 is 1.87 bits per heavy atom. The van der Waals surface area contributed by atoms with E-state index in [0.717, 1.165) is 22.0 Å². The van der Waals surface area contributed by atoms with E-state index in [0.29, 0.717) is 23.6 Å². The number of fused-ring (bicyclic) bond motifs is 1. The molecule has 0 saturated heterocycles. The molecule has 2 N–H and O–H groups in total. The van der Waals surface area contributed by atoms with E-state index < -0.39 is 0 Å². The van der Waals surface area contributed by atoms with Gasteiger partial charge in [0.25, 0.3) is 5.91 Å². The van der Waals surface area contributed by atoms with Crippen LogP contribution in [0.1, 0.15) is 28.8 Å². The fraction of sp³-hybridized carbons (Fsp3) is 0.167. The van der Waals surface area contributed by atoms with E-state index >= 15 is 0 Å². The number of nitrogens with one attached hydrogen (secondary N) is 2. The molecule has 6 nitrogen and oxygen atoms in total. The fourth-order valence-electron chi connectivity index (χ4n) is 3.53. The number of hydrogen-bond acceptors (Lipinski definition) is 5. The lowest BCUT2D eigenvalue weighted by atomic mass is 9.96. The van der Waals surface area contributed by atoms with Gasteiger partial charge in [-0.2, -0.15) is 0 Å². The standard InChI is InChI=1S/C24H22FN5O/c1-15(18-4-3-5-19-20(24(31)26-2)10-11-27-23(18)19)13-28-22-12-21(29-14-30-22)16-6-8-17(25)9-7-16/h3-12,14-15H,13H2,1-2H3,(H,26,31)(H,28,29,30)/t15-/m1/s1. The van der Waals surface area contributed by atoms with Gasteiger partial charge in [-0.1, -0.05) is 25.1 Å². The van der Waals surface area contributed by atoms with Gasteiger partial charge in [0.15, 0.2) is 0 Å². The molecule has 0 bridgehead atoms. The highest BCUT2D eigenvalue weighted by atomic mass is 19.1. The number of pyridine rings is 1. The van der Waals surface area contributed by atoms with Crippen LogP contribution >= 0.6 is 0 Å². The minimum Gasteiger partial charge on any atom is -0.369 e. The van der Waals surface area contributed by atoms with E-state index in [1.807, 2.05) is 24.3 Å². The summed E-state index contributed by atoms with van der Waals surface area (Å²) in [6, 6.07) is 15.7. The molecular weight excluding hydrogens is 393 g/mol. The average Bonchev–Trinajstić information content (AvgIpc) is 2.82. The predicted octanol–water partition coefficient (Wildman–Crippen LogP) is 4.41. The zero-order valence-electron chi connectivity index (χ0n) is 17.3. The highest BCUT2D eigenvalue weighted by Crippen LogP contribution is 2.27. The normalized spacial score (nSPS) is 11.8. The second-order valence-electron chi connectivity index (χ2n) is 7.26. The maximum absolute atomic E-state index is 13.2. The van der Waals surface area contributed by atoms with Crippen LogP contribution in [-0.2, 0) is 0 Å². The van der Waals surface area contributed by atoms with Crippen LogP contribution in [0.15, 0.2) is 67.1 Å². The number of benzene rings is 2. The van der Waals surface area contributed by atoms with Crippen LogP contribution in [0.2, 0.25) is 0 Å². The molecular formula is C24H22FN5O. The zero-order chi connectivity index (χ0) is 21.8. The minimum absolute atomic E-state index is 0.111. The summed E-state index contributed by atoms with van der Waals surface area (Å²) in [5.74, 6) is 0.374. The molecule has 2 heterocycles. The van der Waals surface area contributed by atoms with Gasteiger partial charge in [0.05, 0.1) is 16.8 Å². The SMILES string of the molecule is CNC(=O)c1ccnc2c([C@H](C)CNc3cc(-c4ccc(F)cc4)ncn3)cccc12. The molecule has 4 aromatic rings. The molecule has 31 heavy (non-hydrogen) atoms. The number of para-hydroxylation sites is 1. The van der Waals surface area contributed by atoms with Crippen LogP contribution in [0.25, 0.3) is 22.2 Å². The first-order valence-electron chi connectivity index (χ1n) is 9.98. The van der Waals surface area contributed by atoms with E-state index in [9.17, 15) is 9.18 Å². The highest BCUT2D eigenvalue weighted by Gasteiger charge is 2.15. The Morgan fingerprint density at radius 3 is 2.65 bits per heavy atom. The van der Waals surface area contributed by atoms with Crippen LogP contribution in [-0.4, -0.2) is 34.5 Å². The summed E-state index contributed by atoms with van der Waals surface area (Å²) in [7, 11) is 1.62. The van der Waals surface area contributed by atoms with Gasteiger partial charge in [0.1, 0.15) is 18.0 Å². The van der Waals surface area contributed by atoms with E-state index in [-0.39, 0.29) is 17.6 Å². The molecule has 0 radical (unpaired) electrons. The van der Waals surface area contributed by atoms with Gasteiger partial charge in [-0.3, -0.25) is 9.78 Å². The van der Waals surface area contributed by atoms with Crippen LogP contribution in [0.4, 0.5) is 10.2 Å². The first kappa shape index (κ1) is 20.4. The monoisotopic (exact) mass is 415 g/mol. The molecule has 0 fully saturated rings. The fourth-order valence-corrected chi connectivity index (χ4v) is 3.53. The van der Waals surface area contributed by atoms with Gasteiger partial charge in [-0.15, -0.1) is 0 Å². The van der Waals surface area contributed by atoms with E-state index in [1.165, 1.54) is 18.5 Å². The molecule has 156 valence electrons. The number of carbonyl (C=O) groups excluding carboxylic acids is 1. The number of anilines is 1. The molecule has 4 rings (SSSR count). The number of rotatable bonds is 6. The molecule has 0 saturated carbocycles. The predicted molar refractivity (Wildman–Crippen MR) is 119 cm³/mol. The third kappa shape index (κ3) is 4.35. The zero-order valence-corrected chi connectivity index (χ0v) is 17.3. The highest BCUT2D eigenvalue weighted by molar-refractivity contribution is 6.06. The van der Waals surface area contributed by atoms with Crippen LogP contribution < -0.4 is 10.6 Å². The lowest BCUT2D eigenvalue weighted by Crippen LogP contribution is -2.18. The van der Waals surface area contributed by atoms with Crippen molar-refractivity contribution < 1.29 is 9.18 Å².